The summed E-state index contributed by atoms with van der Waals surface area (Å²) in [4.78, 5) is 11.1. The van der Waals surface area contributed by atoms with E-state index in [9.17, 15) is 4.79 Å². The molecule has 0 fully saturated rings. The first kappa shape index (κ1) is 13.0. The Morgan fingerprint density at radius 3 is 2.71 bits per heavy atom. The summed E-state index contributed by atoms with van der Waals surface area (Å²) in [5, 5.41) is 0. The normalized spacial score (nSPS) is 9.43. The van der Waals surface area contributed by atoms with E-state index < -0.39 is 0 Å². The van der Waals surface area contributed by atoms with Gasteiger partial charge in [0, 0.05) is 12.8 Å². The number of unbranched alkanes of at least 4 members (excludes halogenated alkanes) is 4. The molecule has 0 saturated carbocycles. The molecule has 2 heteroatoms. The van der Waals surface area contributed by atoms with Crippen LogP contribution in [0.1, 0.15) is 51.9 Å². The predicted molar refractivity (Wildman–Crippen MR) is 57.8 cm³/mol. The average Bonchev–Trinajstić information content (AvgIpc) is 2.18. The van der Waals surface area contributed by atoms with E-state index in [4.69, 9.17) is 11.2 Å². The maximum absolute atomic E-state index is 11.1. The van der Waals surface area contributed by atoms with Crippen LogP contribution in [-0.4, -0.2) is 12.6 Å². The molecule has 0 aromatic carbocycles. The molecule has 0 aliphatic heterocycles. The van der Waals surface area contributed by atoms with E-state index in [1.165, 1.54) is 0 Å². The van der Waals surface area contributed by atoms with Crippen LogP contribution in [0.15, 0.2) is 0 Å². The average molecular weight is 196 g/mol. The first-order valence-corrected chi connectivity index (χ1v) is 5.40. The molecule has 80 valence electrons. The molecule has 0 unspecified atom stereocenters. The van der Waals surface area contributed by atoms with Crippen molar-refractivity contribution in [3.05, 3.63) is 0 Å². The highest BCUT2D eigenvalue weighted by Crippen LogP contribution is 2.03. The topological polar surface area (TPSA) is 26.3 Å². The SMILES string of the molecule is C#CCCCCCC(=O)OCCCC. The van der Waals surface area contributed by atoms with Gasteiger partial charge in [-0.05, 0) is 19.3 Å². The molecule has 0 aromatic heterocycles. The summed E-state index contributed by atoms with van der Waals surface area (Å²) in [5.74, 6) is 2.51. The predicted octanol–water partition coefficient (Wildman–Crippen LogP) is 2.91. The van der Waals surface area contributed by atoms with Crippen molar-refractivity contribution in [1.29, 1.82) is 0 Å². The van der Waals surface area contributed by atoms with Crippen molar-refractivity contribution in [3.8, 4) is 12.3 Å². The van der Waals surface area contributed by atoms with Crippen LogP contribution in [0, 0.1) is 12.3 Å². The summed E-state index contributed by atoms with van der Waals surface area (Å²) in [7, 11) is 0. The van der Waals surface area contributed by atoms with Gasteiger partial charge in [0.2, 0.25) is 0 Å². The van der Waals surface area contributed by atoms with Crippen LogP contribution >= 0.6 is 0 Å². The summed E-state index contributed by atoms with van der Waals surface area (Å²) < 4.78 is 5.01. The summed E-state index contributed by atoms with van der Waals surface area (Å²) in [5.41, 5.74) is 0. The van der Waals surface area contributed by atoms with Gasteiger partial charge in [0.25, 0.3) is 0 Å². The van der Waals surface area contributed by atoms with E-state index in [2.05, 4.69) is 12.8 Å². The second kappa shape index (κ2) is 10.1. The molecule has 0 heterocycles. The summed E-state index contributed by atoms with van der Waals surface area (Å²) >= 11 is 0. The molecule has 0 rings (SSSR count). The van der Waals surface area contributed by atoms with Gasteiger partial charge in [0.05, 0.1) is 6.61 Å². The molecule has 0 atom stereocenters. The Kier molecular flexibility index (Phi) is 9.41. The third-order valence-corrected chi connectivity index (χ3v) is 1.96. The van der Waals surface area contributed by atoms with Crippen LogP contribution in [0.2, 0.25) is 0 Å². The van der Waals surface area contributed by atoms with E-state index in [0.29, 0.717) is 13.0 Å². The fourth-order valence-corrected chi connectivity index (χ4v) is 1.08. The Bertz CT molecular complexity index is 179. The molecule has 0 spiro atoms. The van der Waals surface area contributed by atoms with E-state index in [0.717, 1.165) is 38.5 Å². The number of carbonyl (C=O) groups excluding carboxylic acids is 1. The van der Waals surface area contributed by atoms with Gasteiger partial charge >= 0.3 is 5.97 Å². The highest BCUT2D eigenvalue weighted by Gasteiger charge is 2.01. The lowest BCUT2D eigenvalue weighted by molar-refractivity contribution is -0.143. The van der Waals surface area contributed by atoms with Crippen LogP contribution in [0.3, 0.4) is 0 Å². The van der Waals surface area contributed by atoms with E-state index >= 15 is 0 Å². The second-order valence-corrected chi connectivity index (χ2v) is 3.34. The largest absolute Gasteiger partial charge is 0.466 e. The lowest BCUT2D eigenvalue weighted by Crippen LogP contribution is -2.05. The monoisotopic (exact) mass is 196 g/mol. The van der Waals surface area contributed by atoms with Gasteiger partial charge in [0.1, 0.15) is 0 Å². The van der Waals surface area contributed by atoms with Crippen LogP contribution < -0.4 is 0 Å². The van der Waals surface area contributed by atoms with Crippen molar-refractivity contribution in [2.45, 2.75) is 51.9 Å². The third kappa shape index (κ3) is 9.12. The number of hydrogen-bond acceptors (Lipinski definition) is 2. The molecule has 0 saturated heterocycles. The molecule has 2 nitrogen and oxygen atoms in total. The third-order valence-electron chi connectivity index (χ3n) is 1.96. The number of esters is 1. The van der Waals surface area contributed by atoms with Gasteiger partial charge in [-0.15, -0.1) is 12.3 Å². The lowest BCUT2D eigenvalue weighted by atomic mass is 10.1. The van der Waals surface area contributed by atoms with E-state index in [1.807, 2.05) is 0 Å². The van der Waals surface area contributed by atoms with Gasteiger partial charge in [-0.2, -0.15) is 0 Å². The van der Waals surface area contributed by atoms with Crippen molar-refractivity contribution in [1.82, 2.24) is 0 Å². The second-order valence-electron chi connectivity index (χ2n) is 3.34. The Morgan fingerprint density at radius 1 is 1.29 bits per heavy atom. The molecule has 14 heavy (non-hydrogen) atoms. The molecular weight excluding hydrogens is 176 g/mol. The van der Waals surface area contributed by atoms with Crippen molar-refractivity contribution in [2.75, 3.05) is 6.61 Å². The highest BCUT2D eigenvalue weighted by molar-refractivity contribution is 5.69. The van der Waals surface area contributed by atoms with Gasteiger partial charge in [-0.1, -0.05) is 19.8 Å². The first-order chi connectivity index (χ1) is 6.81. The highest BCUT2D eigenvalue weighted by atomic mass is 16.5. The Hall–Kier alpha value is -0.970. The van der Waals surface area contributed by atoms with Crippen LogP contribution in [-0.2, 0) is 9.53 Å². The Morgan fingerprint density at radius 2 is 2.07 bits per heavy atom. The van der Waals surface area contributed by atoms with Crippen molar-refractivity contribution < 1.29 is 9.53 Å². The summed E-state index contributed by atoms with van der Waals surface area (Å²) in [6, 6.07) is 0. The van der Waals surface area contributed by atoms with Gasteiger partial charge in [0.15, 0.2) is 0 Å². The van der Waals surface area contributed by atoms with E-state index in [-0.39, 0.29) is 5.97 Å². The molecule has 0 bridgehead atoms. The number of rotatable bonds is 8. The molecule has 0 radical (unpaired) electrons. The smallest absolute Gasteiger partial charge is 0.305 e. The number of terminal acetylenes is 1. The molecule has 0 aromatic rings. The molecule has 0 N–H and O–H groups in total. The summed E-state index contributed by atoms with van der Waals surface area (Å²) in [6.07, 6.45) is 11.4. The molecule has 0 aliphatic carbocycles. The number of ether oxygens (including phenoxy) is 1. The zero-order valence-corrected chi connectivity index (χ0v) is 9.05. The standard InChI is InChI=1S/C12H20O2/c1-3-5-7-8-9-10-12(13)14-11-6-4-2/h1H,4-11H2,2H3. The van der Waals surface area contributed by atoms with Gasteiger partial charge in [-0.3, -0.25) is 4.79 Å². The number of hydrogen-bond donors (Lipinski definition) is 0. The summed E-state index contributed by atoms with van der Waals surface area (Å²) in [6.45, 7) is 2.65. The quantitative estimate of drug-likeness (QED) is 0.339. The Labute approximate surface area is 87.0 Å². The fraction of sp³-hybridized carbons (Fsp3) is 0.750. The molecule has 0 aliphatic rings. The zero-order valence-electron chi connectivity index (χ0n) is 9.05. The van der Waals surface area contributed by atoms with Gasteiger partial charge < -0.3 is 4.74 Å². The lowest BCUT2D eigenvalue weighted by Gasteiger charge is -2.02. The fourth-order valence-electron chi connectivity index (χ4n) is 1.08. The first-order valence-electron chi connectivity index (χ1n) is 5.40. The van der Waals surface area contributed by atoms with Crippen LogP contribution in [0.5, 0.6) is 0 Å². The van der Waals surface area contributed by atoms with Gasteiger partial charge in [-0.25, -0.2) is 0 Å². The van der Waals surface area contributed by atoms with Crippen molar-refractivity contribution in [2.24, 2.45) is 0 Å². The zero-order chi connectivity index (χ0) is 10.6. The minimum absolute atomic E-state index is 0.0702. The maximum Gasteiger partial charge on any atom is 0.305 e. The van der Waals surface area contributed by atoms with Crippen molar-refractivity contribution in [3.63, 3.8) is 0 Å². The van der Waals surface area contributed by atoms with Crippen LogP contribution in [0.4, 0.5) is 0 Å². The number of carbonyl (C=O) groups is 1. The maximum atomic E-state index is 11.1. The molecular formula is C12H20O2. The van der Waals surface area contributed by atoms with E-state index in [1.54, 1.807) is 0 Å². The van der Waals surface area contributed by atoms with Crippen LogP contribution in [0.25, 0.3) is 0 Å². The minimum atomic E-state index is -0.0702. The minimum Gasteiger partial charge on any atom is -0.466 e. The Balaban J connectivity index is 3.15. The van der Waals surface area contributed by atoms with Crippen molar-refractivity contribution >= 4 is 5.97 Å². The molecule has 0 amide bonds.